The molecule has 88 valence electrons. The second-order valence-corrected chi connectivity index (χ2v) is 4.15. The highest BCUT2D eigenvalue weighted by Gasteiger charge is 2.18. The van der Waals surface area contributed by atoms with Gasteiger partial charge in [0, 0.05) is 19.6 Å². The van der Waals surface area contributed by atoms with Crippen molar-refractivity contribution < 1.29 is 4.84 Å². The largest absolute Gasteiger partial charge is 0.314 e. The van der Waals surface area contributed by atoms with Crippen molar-refractivity contribution in [2.45, 2.75) is 26.4 Å². The summed E-state index contributed by atoms with van der Waals surface area (Å²) in [5, 5.41) is 5.37. The lowest BCUT2D eigenvalue weighted by molar-refractivity contribution is -0.164. The minimum absolute atomic E-state index is 0.758. The lowest BCUT2D eigenvalue weighted by atomic mass is 10.1. The molecule has 0 saturated carbocycles. The molecule has 2 rings (SSSR count). The molecule has 1 aromatic rings. The molecule has 0 unspecified atom stereocenters. The Morgan fingerprint density at radius 3 is 2.50 bits per heavy atom. The fourth-order valence-corrected chi connectivity index (χ4v) is 1.94. The van der Waals surface area contributed by atoms with Gasteiger partial charge in [0.1, 0.15) is 0 Å². The van der Waals surface area contributed by atoms with E-state index >= 15 is 0 Å². The van der Waals surface area contributed by atoms with E-state index in [1.165, 1.54) is 17.5 Å². The molecule has 1 aliphatic rings. The number of benzene rings is 1. The molecule has 0 radical (unpaired) electrons. The number of rotatable bonds is 6. The van der Waals surface area contributed by atoms with Crippen LogP contribution in [-0.4, -0.2) is 24.8 Å². The third kappa shape index (κ3) is 3.04. The molecule has 3 heteroatoms. The highest BCUT2D eigenvalue weighted by atomic mass is 16.7. The number of nitrogens with one attached hydrogen (secondary N) is 1. The van der Waals surface area contributed by atoms with Gasteiger partial charge in [0.15, 0.2) is 0 Å². The van der Waals surface area contributed by atoms with Crippen molar-refractivity contribution in [2.75, 3.05) is 19.7 Å². The van der Waals surface area contributed by atoms with Gasteiger partial charge in [-0.1, -0.05) is 31.2 Å². The van der Waals surface area contributed by atoms with Gasteiger partial charge in [-0.15, -0.1) is 0 Å². The van der Waals surface area contributed by atoms with Crippen LogP contribution in [0.3, 0.4) is 0 Å². The van der Waals surface area contributed by atoms with E-state index in [-0.39, 0.29) is 0 Å². The van der Waals surface area contributed by atoms with Crippen LogP contribution in [0, 0.1) is 0 Å². The normalized spacial score (nSPS) is 15.3. The van der Waals surface area contributed by atoms with E-state index in [0.29, 0.717) is 0 Å². The molecule has 1 heterocycles. The summed E-state index contributed by atoms with van der Waals surface area (Å²) in [7, 11) is 0. The van der Waals surface area contributed by atoms with Crippen molar-refractivity contribution in [3.05, 3.63) is 35.4 Å². The minimum Gasteiger partial charge on any atom is -0.314 e. The molecule has 1 N–H and O–H groups in total. The molecular formula is C13H20N2O. The first-order valence-corrected chi connectivity index (χ1v) is 6.05. The number of fused-ring (bicyclic) bond motifs is 1. The Bertz CT molecular complexity index is 302. The SMILES string of the molecule is CCCNCCON1Cc2ccccc2C1. The molecule has 0 aromatic heterocycles. The summed E-state index contributed by atoms with van der Waals surface area (Å²) in [5.74, 6) is 0. The van der Waals surface area contributed by atoms with Gasteiger partial charge in [0.05, 0.1) is 6.61 Å². The maximum absolute atomic E-state index is 5.70. The summed E-state index contributed by atoms with van der Waals surface area (Å²) in [6, 6.07) is 8.53. The van der Waals surface area contributed by atoms with Gasteiger partial charge in [-0.2, -0.15) is 5.06 Å². The quantitative estimate of drug-likeness (QED) is 0.741. The fraction of sp³-hybridized carbons (Fsp3) is 0.538. The number of hydrogen-bond donors (Lipinski definition) is 1. The Kier molecular flexibility index (Phi) is 4.34. The molecule has 0 saturated heterocycles. The topological polar surface area (TPSA) is 24.5 Å². The molecule has 0 fully saturated rings. The summed E-state index contributed by atoms with van der Waals surface area (Å²) in [6.45, 7) is 6.77. The number of hydrogen-bond acceptors (Lipinski definition) is 3. The minimum atomic E-state index is 0.758. The molecule has 0 bridgehead atoms. The van der Waals surface area contributed by atoms with Gasteiger partial charge >= 0.3 is 0 Å². The predicted octanol–water partition coefficient (Wildman–Crippen LogP) is 1.93. The zero-order valence-electron chi connectivity index (χ0n) is 9.91. The first-order valence-electron chi connectivity index (χ1n) is 6.05. The van der Waals surface area contributed by atoms with E-state index in [4.69, 9.17) is 4.84 Å². The van der Waals surface area contributed by atoms with Crippen molar-refractivity contribution in [2.24, 2.45) is 0 Å². The molecule has 0 atom stereocenters. The monoisotopic (exact) mass is 220 g/mol. The van der Waals surface area contributed by atoms with Crippen LogP contribution in [0.15, 0.2) is 24.3 Å². The van der Waals surface area contributed by atoms with Gasteiger partial charge < -0.3 is 5.32 Å². The van der Waals surface area contributed by atoms with Crippen LogP contribution in [0.25, 0.3) is 0 Å². The highest BCUT2D eigenvalue weighted by Crippen LogP contribution is 2.21. The summed E-state index contributed by atoms with van der Waals surface area (Å²) in [6.07, 6.45) is 1.18. The lowest BCUT2D eigenvalue weighted by Crippen LogP contribution is -2.25. The van der Waals surface area contributed by atoms with Gasteiger partial charge in [-0.05, 0) is 24.1 Å². The van der Waals surface area contributed by atoms with Crippen molar-refractivity contribution in [1.29, 1.82) is 0 Å². The van der Waals surface area contributed by atoms with E-state index in [0.717, 1.165) is 32.8 Å². The average molecular weight is 220 g/mol. The highest BCUT2D eigenvalue weighted by molar-refractivity contribution is 5.29. The zero-order chi connectivity index (χ0) is 11.2. The third-order valence-corrected chi connectivity index (χ3v) is 2.79. The first kappa shape index (κ1) is 11.6. The Hall–Kier alpha value is -0.900. The fourth-order valence-electron chi connectivity index (χ4n) is 1.94. The summed E-state index contributed by atoms with van der Waals surface area (Å²) in [5.41, 5.74) is 2.79. The Morgan fingerprint density at radius 1 is 1.19 bits per heavy atom. The van der Waals surface area contributed by atoms with Crippen LogP contribution in [0.2, 0.25) is 0 Å². The van der Waals surface area contributed by atoms with Crippen molar-refractivity contribution in [3.63, 3.8) is 0 Å². The van der Waals surface area contributed by atoms with Crippen LogP contribution < -0.4 is 5.32 Å². The van der Waals surface area contributed by atoms with E-state index in [1.54, 1.807) is 0 Å². The third-order valence-electron chi connectivity index (χ3n) is 2.79. The van der Waals surface area contributed by atoms with Crippen molar-refractivity contribution in [3.8, 4) is 0 Å². The second kappa shape index (κ2) is 5.99. The Balaban J connectivity index is 1.67. The molecule has 0 aliphatic carbocycles. The van der Waals surface area contributed by atoms with E-state index in [2.05, 4.69) is 36.5 Å². The van der Waals surface area contributed by atoms with Crippen molar-refractivity contribution >= 4 is 0 Å². The smallest absolute Gasteiger partial charge is 0.0809 e. The predicted molar refractivity (Wildman–Crippen MR) is 64.8 cm³/mol. The van der Waals surface area contributed by atoms with Crippen LogP contribution in [0.1, 0.15) is 24.5 Å². The lowest BCUT2D eigenvalue weighted by Gasteiger charge is -2.14. The molecule has 0 spiro atoms. The van der Waals surface area contributed by atoms with E-state index < -0.39 is 0 Å². The summed E-state index contributed by atoms with van der Waals surface area (Å²) >= 11 is 0. The first-order chi connectivity index (χ1) is 7.90. The second-order valence-electron chi connectivity index (χ2n) is 4.15. The van der Waals surface area contributed by atoms with Gasteiger partial charge in [0.2, 0.25) is 0 Å². The van der Waals surface area contributed by atoms with Gasteiger partial charge in [-0.3, -0.25) is 4.84 Å². The van der Waals surface area contributed by atoms with Crippen LogP contribution in [0.5, 0.6) is 0 Å². The van der Waals surface area contributed by atoms with Crippen LogP contribution in [-0.2, 0) is 17.9 Å². The van der Waals surface area contributed by atoms with Gasteiger partial charge in [0.25, 0.3) is 0 Å². The number of nitrogens with zero attached hydrogens (tertiary/aromatic N) is 1. The maximum Gasteiger partial charge on any atom is 0.0809 e. The molecular weight excluding hydrogens is 200 g/mol. The Morgan fingerprint density at radius 2 is 1.88 bits per heavy atom. The summed E-state index contributed by atoms with van der Waals surface area (Å²) < 4.78 is 0. The van der Waals surface area contributed by atoms with Crippen LogP contribution >= 0.6 is 0 Å². The molecule has 3 nitrogen and oxygen atoms in total. The summed E-state index contributed by atoms with van der Waals surface area (Å²) in [4.78, 5) is 5.70. The molecule has 1 aromatic carbocycles. The average Bonchev–Trinajstić information content (AvgIpc) is 2.71. The maximum atomic E-state index is 5.70. The molecule has 1 aliphatic heterocycles. The zero-order valence-corrected chi connectivity index (χ0v) is 9.91. The van der Waals surface area contributed by atoms with Gasteiger partial charge in [-0.25, -0.2) is 0 Å². The molecule has 0 amide bonds. The van der Waals surface area contributed by atoms with Crippen LogP contribution in [0.4, 0.5) is 0 Å². The molecule has 16 heavy (non-hydrogen) atoms. The van der Waals surface area contributed by atoms with Crippen molar-refractivity contribution in [1.82, 2.24) is 10.4 Å². The van der Waals surface area contributed by atoms with E-state index in [9.17, 15) is 0 Å². The van der Waals surface area contributed by atoms with E-state index in [1.807, 2.05) is 5.06 Å². The number of hydroxylamine groups is 2. The standard InChI is InChI=1S/C13H20N2O/c1-2-7-14-8-9-16-15-10-12-5-3-4-6-13(12)11-15/h3-6,14H,2,7-11H2,1H3. The Labute approximate surface area is 97.4 Å².